The van der Waals surface area contributed by atoms with E-state index in [1.807, 2.05) is 11.9 Å². The minimum absolute atomic E-state index is 0.193. The summed E-state index contributed by atoms with van der Waals surface area (Å²) < 4.78 is 0. The number of nitrogens with zero attached hydrogens (tertiary/aromatic N) is 2. The van der Waals surface area contributed by atoms with E-state index >= 15 is 0 Å². The van der Waals surface area contributed by atoms with Crippen LogP contribution in [0.25, 0.3) is 0 Å². The summed E-state index contributed by atoms with van der Waals surface area (Å²) in [5.74, 6) is 0.337. The zero-order valence-corrected chi connectivity index (χ0v) is 11.0. The van der Waals surface area contributed by atoms with E-state index < -0.39 is 0 Å². The molecule has 0 aromatic rings. The molecule has 2 heterocycles. The van der Waals surface area contributed by atoms with Gasteiger partial charge in [-0.3, -0.25) is 9.69 Å². The van der Waals surface area contributed by atoms with Crippen LogP contribution in [0.3, 0.4) is 0 Å². The number of hydrogen-bond acceptors (Lipinski definition) is 2. The average molecular weight is 224 g/mol. The molecule has 0 aromatic carbocycles. The van der Waals surface area contributed by atoms with Gasteiger partial charge in [-0.1, -0.05) is 0 Å². The fraction of sp³-hybridized carbons (Fsp3) is 0.923. The molecule has 92 valence electrons. The van der Waals surface area contributed by atoms with E-state index in [2.05, 4.69) is 25.7 Å². The summed E-state index contributed by atoms with van der Waals surface area (Å²) in [6.07, 6.45) is 4.12. The smallest absolute Gasteiger partial charge is 0.222 e. The summed E-state index contributed by atoms with van der Waals surface area (Å²) in [4.78, 5) is 16.2. The number of carbonyl (C=O) groups excluding carboxylic acids is 1. The molecule has 0 saturated carbocycles. The van der Waals surface area contributed by atoms with Crippen LogP contribution < -0.4 is 0 Å². The van der Waals surface area contributed by atoms with E-state index in [1.165, 1.54) is 0 Å². The van der Waals surface area contributed by atoms with Crippen molar-refractivity contribution in [2.24, 2.45) is 0 Å². The SMILES string of the molecule is CN1C(=O)CCC12CCN(C(C)(C)C)CC2. The minimum atomic E-state index is 0.193. The maximum absolute atomic E-state index is 11.6. The number of piperidine rings is 1. The van der Waals surface area contributed by atoms with E-state index in [0.717, 1.165) is 38.8 Å². The summed E-state index contributed by atoms with van der Waals surface area (Å²) in [6.45, 7) is 9.07. The second kappa shape index (κ2) is 3.73. The van der Waals surface area contributed by atoms with Gasteiger partial charge in [0.2, 0.25) is 5.91 Å². The lowest BCUT2D eigenvalue weighted by molar-refractivity contribution is -0.131. The molecule has 1 amide bonds. The predicted molar refractivity (Wildman–Crippen MR) is 65.3 cm³/mol. The summed E-state index contributed by atoms with van der Waals surface area (Å²) in [6, 6.07) is 0. The van der Waals surface area contributed by atoms with Gasteiger partial charge in [0.1, 0.15) is 0 Å². The molecule has 2 saturated heterocycles. The van der Waals surface area contributed by atoms with Crippen molar-refractivity contribution >= 4 is 5.91 Å². The number of hydrogen-bond donors (Lipinski definition) is 0. The minimum Gasteiger partial charge on any atom is -0.340 e. The van der Waals surface area contributed by atoms with Gasteiger partial charge >= 0.3 is 0 Å². The Hall–Kier alpha value is -0.570. The lowest BCUT2D eigenvalue weighted by Gasteiger charge is -2.47. The maximum atomic E-state index is 11.6. The molecule has 2 aliphatic heterocycles. The van der Waals surface area contributed by atoms with Crippen molar-refractivity contribution < 1.29 is 4.79 Å². The number of likely N-dealkylation sites (tertiary alicyclic amines) is 2. The molecular formula is C13H24N2O. The third-order valence-corrected chi connectivity index (χ3v) is 4.53. The van der Waals surface area contributed by atoms with Crippen molar-refractivity contribution in [1.82, 2.24) is 9.80 Å². The first kappa shape index (κ1) is 11.9. The lowest BCUT2D eigenvalue weighted by Crippen LogP contribution is -2.55. The van der Waals surface area contributed by atoms with Crippen LogP contribution in [0.2, 0.25) is 0 Å². The average Bonchev–Trinajstić information content (AvgIpc) is 2.47. The molecule has 2 rings (SSSR count). The van der Waals surface area contributed by atoms with Gasteiger partial charge in [-0.2, -0.15) is 0 Å². The number of carbonyl (C=O) groups is 1. The van der Waals surface area contributed by atoms with Gasteiger partial charge in [0, 0.05) is 37.6 Å². The van der Waals surface area contributed by atoms with Gasteiger partial charge in [0.15, 0.2) is 0 Å². The molecular weight excluding hydrogens is 200 g/mol. The van der Waals surface area contributed by atoms with E-state index in [0.29, 0.717) is 5.91 Å². The molecule has 2 fully saturated rings. The molecule has 0 aromatic heterocycles. The van der Waals surface area contributed by atoms with Crippen molar-refractivity contribution in [3.05, 3.63) is 0 Å². The fourth-order valence-electron chi connectivity index (χ4n) is 3.12. The van der Waals surface area contributed by atoms with Gasteiger partial charge in [0.25, 0.3) is 0 Å². The van der Waals surface area contributed by atoms with Crippen molar-refractivity contribution in [3.8, 4) is 0 Å². The first-order valence-corrected chi connectivity index (χ1v) is 6.37. The van der Waals surface area contributed by atoms with Crippen molar-refractivity contribution in [3.63, 3.8) is 0 Å². The molecule has 0 radical (unpaired) electrons. The van der Waals surface area contributed by atoms with E-state index in [9.17, 15) is 4.79 Å². The normalized spacial score (nSPS) is 26.8. The Morgan fingerprint density at radius 3 is 2.06 bits per heavy atom. The van der Waals surface area contributed by atoms with Crippen LogP contribution in [-0.4, -0.2) is 46.9 Å². The van der Waals surface area contributed by atoms with Gasteiger partial charge in [-0.15, -0.1) is 0 Å². The Bertz CT molecular complexity index is 285. The van der Waals surface area contributed by atoms with E-state index in [1.54, 1.807) is 0 Å². The molecule has 0 unspecified atom stereocenters. The van der Waals surface area contributed by atoms with Gasteiger partial charge in [0.05, 0.1) is 0 Å². The highest BCUT2D eigenvalue weighted by atomic mass is 16.2. The second-order valence-electron chi connectivity index (χ2n) is 6.33. The Morgan fingerprint density at radius 2 is 1.69 bits per heavy atom. The lowest BCUT2D eigenvalue weighted by atomic mass is 9.83. The quantitative estimate of drug-likeness (QED) is 0.627. The van der Waals surface area contributed by atoms with Crippen molar-refractivity contribution in [1.29, 1.82) is 0 Å². The highest BCUT2D eigenvalue weighted by Gasteiger charge is 2.45. The van der Waals surface area contributed by atoms with Crippen molar-refractivity contribution in [2.45, 2.75) is 57.5 Å². The van der Waals surface area contributed by atoms with Gasteiger partial charge in [-0.25, -0.2) is 0 Å². The molecule has 1 spiro atoms. The highest BCUT2D eigenvalue weighted by molar-refractivity contribution is 5.79. The van der Waals surface area contributed by atoms with Crippen LogP contribution in [-0.2, 0) is 4.79 Å². The third kappa shape index (κ3) is 1.86. The Balaban J connectivity index is 2.02. The topological polar surface area (TPSA) is 23.6 Å². The van der Waals surface area contributed by atoms with Crippen LogP contribution in [0.4, 0.5) is 0 Å². The van der Waals surface area contributed by atoms with Gasteiger partial charge in [-0.05, 0) is 40.0 Å². The first-order chi connectivity index (χ1) is 7.35. The summed E-state index contributed by atoms with van der Waals surface area (Å²) >= 11 is 0. The van der Waals surface area contributed by atoms with Crippen molar-refractivity contribution in [2.75, 3.05) is 20.1 Å². The van der Waals surface area contributed by atoms with Crippen LogP contribution >= 0.6 is 0 Å². The third-order valence-electron chi connectivity index (χ3n) is 4.53. The molecule has 3 heteroatoms. The Morgan fingerprint density at radius 1 is 1.12 bits per heavy atom. The maximum Gasteiger partial charge on any atom is 0.222 e. The molecule has 3 nitrogen and oxygen atoms in total. The second-order valence-corrected chi connectivity index (χ2v) is 6.33. The Kier molecular flexibility index (Phi) is 2.77. The number of amides is 1. The highest BCUT2D eigenvalue weighted by Crippen LogP contribution is 2.39. The predicted octanol–water partition coefficient (Wildman–Crippen LogP) is 1.87. The summed E-state index contributed by atoms with van der Waals surface area (Å²) in [5.41, 5.74) is 0.460. The standard InChI is InChI=1S/C13H24N2O/c1-12(2,3)15-9-7-13(8-10-15)6-5-11(16)14(13)4/h5-10H2,1-4H3. The monoisotopic (exact) mass is 224 g/mol. The largest absolute Gasteiger partial charge is 0.340 e. The molecule has 2 aliphatic rings. The van der Waals surface area contributed by atoms with Crippen LogP contribution in [0.5, 0.6) is 0 Å². The van der Waals surface area contributed by atoms with Crippen LogP contribution in [0, 0.1) is 0 Å². The van der Waals surface area contributed by atoms with E-state index in [-0.39, 0.29) is 11.1 Å². The molecule has 0 aliphatic carbocycles. The zero-order valence-electron chi connectivity index (χ0n) is 11.0. The number of rotatable bonds is 0. The molecule has 0 N–H and O–H groups in total. The van der Waals surface area contributed by atoms with E-state index in [4.69, 9.17) is 0 Å². The zero-order chi connectivity index (χ0) is 12.0. The molecule has 0 atom stereocenters. The summed E-state index contributed by atoms with van der Waals surface area (Å²) in [5, 5.41) is 0. The molecule has 0 bridgehead atoms. The van der Waals surface area contributed by atoms with Crippen LogP contribution in [0.1, 0.15) is 46.5 Å². The first-order valence-electron chi connectivity index (χ1n) is 6.37. The Labute approximate surface area is 98.8 Å². The van der Waals surface area contributed by atoms with Crippen LogP contribution in [0.15, 0.2) is 0 Å². The van der Waals surface area contributed by atoms with Gasteiger partial charge < -0.3 is 4.90 Å². The summed E-state index contributed by atoms with van der Waals surface area (Å²) in [7, 11) is 1.99. The molecule has 16 heavy (non-hydrogen) atoms. The fourth-order valence-corrected chi connectivity index (χ4v) is 3.12.